The number of esters is 1. The van der Waals surface area contributed by atoms with Crippen LogP contribution in [-0.4, -0.2) is 12.1 Å². The zero-order valence-electron chi connectivity index (χ0n) is 11.3. The highest BCUT2D eigenvalue weighted by Gasteiger charge is 2.24. The summed E-state index contributed by atoms with van der Waals surface area (Å²) in [7, 11) is 0. The molecule has 98 valence electrons. The smallest absolute Gasteiger partial charge is 0.338 e. The first-order chi connectivity index (χ1) is 8.70. The Labute approximate surface area is 109 Å². The summed E-state index contributed by atoms with van der Waals surface area (Å²) in [5.41, 5.74) is 1.91. The molecule has 0 aliphatic heterocycles. The number of hydrogen-bond donors (Lipinski definition) is 0. The van der Waals surface area contributed by atoms with Crippen LogP contribution in [0.4, 0.5) is 0 Å². The molecule has 2 heteroatoms. The minimum absolute atomic E-state index is 0.0471. The van der Waals surface area contributed by atoms with Crippen molar-refractivity contribution in [3.63, 3.8) is 0 Å². The van der Waals surface area contributed by atoms with E-state index in [1.165, 1.54) is 31.2 Å². The number of carbonyl (C=O) groups is 1. The Hall–Kier alpha value is -1.31. The molecule has 18 heavy (non-hydrogen) atoms. The monoisotopic (exact) mass is 246 g/mol. The van der Waals surface area contributed by atoms with E-state index in [9.17, 15) is 4.79 Å². The van der Waals surface area contributed by atoms with Crippen molar-refractivity contribution in [2.75, 3.05) is 0 Å². The molecule has 2 nitrogen and oxygen atoms in total. The molecule has 2 rings (SSSR count). The Morgan fingerprint density at radius 3 is 2.44 bits per heavy atom. The summed E-state index contributed by atoms with van der Waals surface area (Å²) in [6.45, 7) is 4.13. The van der Waals surface area contributed by atoms with Crippen molar-refractivity contribution in [3.05, 3.63) is 35.4 Å². The van der Waals surface area contributed by atoms with E-state index in [4.69, 9.17) is 4.74 Å². The molecule has 0 aromatic heterocycles. The molecule has 0 saturated heterocycles. The van der Waals surface area contributed by atoms with Gasteiger partial charge in [-0.15, -0.1) is 0 Å². The Balaban J connectivity index is 1.93. The molecule has 1 unspecified atom stereocenters. The maximum absolute atomic E-state index is 12.0. The van der Waals surface area contributed by atoms with Gasteiger partial charge in [0, 0.05) is 0 Å². The number of hydrogen-bond acceptors (Lipinski definition) is 2. The largest absolute Gasteiger partial charge is 0.459 e. The second kappa shape index (κ2) is 6.03. The second-order valence-electron chi connectivity index (χ2n) is 5.21. The van der Waals surface area contributed by atoms with Crippen LogP contribution in [0.15, 0.2) is 24.3 Å². The van der Waals surface area contributed by atoms with Gasteiger partial charge in [-0.1, -0.05) is 31.9 Å². The zero-order valence-corrected chi connectivity index (χ0v) is 11.3. The van der Waals surface area contributed by atoms with Gasteiger partial charge in [-0.25, -0.2) is 4.79 Å². The van der Waals surface area contributed by atoms with E-state index in [1.807, 2.05) is 31.2 Å². The molecule has 1 aliphatic carbocycles. The molecule has 1 aromatic carbocycles. The summed E-state index contributed by atoms with van der Waals surface area (Å²) in [5.74, 6) is 0.376. The summed E-state index contributed by atoms with van der Waals surface area (Å²) in [6.07, 6.45) is 5.99. The van der Waals surface area contributed by atoms with Crippen molar-refractivity contribution < 1.29 is 9.53 Å². The predicted octanol–water partition coefficient (Wildman–Crippen LogP) is 3.98. The molecule has 0 bridgehead atoms. The van der Waals surface area contributed by atoms with Crippen LogP contribution in [0.3, 0.4) is 0 Å². The molecule has 1 aliphatic rings. The maximum atomic E-state index is 12.0. The predicted molar refractivity (Wildman–Crippen MR) is 72.7 cm³/mol. The number of benzene rings is 1. The maximum Gasteiger partial charge on any atom is 0.338 e. The number of carbonyl (C=O) groups excluding carboxylic acids is 1. The average Bonchev–Trinajstić information content (AvgIpc) is 2.92. The third-order valence-electron chi connectivity index (χ3n) is 3.95. The van der Waals surface area contributed by atoms with Gasteiger partial charge < -0.3 is 4.74 Å². The van der Waals surface area contributed by atoms with E-state index >= 15 is 0 Å². The molecule has 1 saturated carbocycles. The first-order valence-corrected chi connectivity index (χ1v) is 7.00. The van der Waals surface area contributed by atoms with Crippen LogP contribution in [-0.2, 0) is 11.2 Å². The van der Waals surface area contributed by atoms with E-state index in [1.54, 1.807) is 0 Å². The molecule has 1 fully saturated rings. The van der Waals surface area contributed by atoms with Crippen LogP contribution in [0.5, 0.6) is 0 Å². The lowest BCUT2D eigenvalue weighted by Gasteiger charge is -2.19. The Morgan fingerprint density at radius 1 is 1.28 bits per heavy atom. The van der Waals surface area contributed by atoms with E-state index in [-0.39, 0.29) is 12.1 Å². The highest BCUT2D eigenvalue weighted by atomic mass is 16.5. The molecular formula is C16H22O2. The van der Waals surface area contributed by atoms with Crippen molar-refractivity contribution >= 4 is 5.97 Å². The van der Waals surface area contributed by atoms with Crippen molar-refractivity contribution in [2.45, 2.75) is 52.1 Å². The van der Waals surface area contributed by atoms with Crippen LogP contribution in [0.1, 0.15) is 55.5 Å². The summed E-state index contributed by atoms with van der Waals surface area (Å²) >= 11 is 0. The first-order valence-electron chi connectivity index (χ1n) is 7.00. The van der Waals surface area contributed by atoms with Gasteiger partial charge in [-0.05, 0) is 49.8 Å². The Morgan fingerprint density at radius 2 is 1.89 bits per heavy atom. The lowest BCUT2D eigenvalue weighted by molar-refractivity contribution is 0.0204. The van der Waals surface area contributed by atoms with E-state index in [0.717, 1.165) is 6.42 Å². The van der Waals surface area contributed by atoms with E-state index in [2.05, 4.69) is 6.92 Å². The van der Waals surface area contributed by atoms with Gasteiger partial charge in [-0.2, -0.15) is 0 Å². The van der Waals surface area contributed by atoms with E-state index < -0.39 is 0 Å². The Kier molecular flexibility index (Phi) is 4.40. The quantitative estimate of drug-likeness (QED) is 0.751. The fourth-order valence-electron chi connectivity index (χ4n) is 2.64. The molecule has 0 N–H and O–H groups in total. The third-order valence-corrected chi connectivity index (χ3v) is 3.95. The highest BCUT2D eigenvalue weighted by Crippen LogP contribution is 2.29. The SMILES string of the molecule is CCc1ccc(C(=O)OC(C)C2CCCC2)cc1. The van der Waals surface area contributed by atoms with Gasteiger partial charge in [-0.3, -0.25) is 0 Å². The number of aryl methyl sites for hydroxylation is 1. The lowest BCUT2D eigenvalue weighted by Crippen LogP contribution is -2.22. The first kappa shape index (κ1) is 13.1. The second-order valence-corrected chi connectivity index (χ2v) is 5.21. The molecular weight excluding hydrogens is 224 g/mol. The number of ether oxygens (including phenoxy) is 1. The highest BCUT2D eigenvalue weighted by molar-refractivity contribution is 5.89. The standard InChI is InChI=1S/C16H22O2/c1-3-13-8-10-15(11-9-13)16(17)18-12(2)14-6-4-5-7-14/h8-12,14H,3-7H2,1-2H3. The minimum Gasteiger partial charge on any atom is -0.459 e. The summed E-state index contributed by atoms with van der Waals surface area (Å²) in [5, 5.41) is 0. The fourth-order valence-corrected chi connectivity index (χ4v) is 2.64. The van der Waals surface area contributed by atoms with Crippen LogP contribution in [0.25, 0.3) is 0 Å². The topological polar surface area (TPSA) is 26.3 Å². The molecule has 1 aromatic rings. The van der Waals surface area contributed by atoms with Crippen LogP contribution in [0, 0.1) is 5.92 Å². The van der Waals surface area contributed by atoms with Crippen LogP contribution in [0.2, 0.25) is 0 Å². The molecule has 1 atom stereocenters. The van der Waals surface area contributed by atoms with Gasteiger partial charge in [0.1, 0.15) is 6.10 Å². The van der Waals surface area contributed by atoms with Crippen LogP contribution < -0.4 is 0 Å². The van der Waals surface area contributed by atoms with Gasteiger partial charge in [0.25, 0.3) is 0 Å². The van der Waals surface area contributed by atoms with Gasteiger partial charge in [0.2, 0.25) is 0 Å². The van der Waals surface area contributed by atoms with Gasteiger partial charge >= 0.3 is 5.97 Å². The molecule has 0 radical (unpaired) electrons. The lowest BCUT2D eigenvalue weighted by atomic mass is 10.0. The van der Waals surface area contributed by atoms with Crippen molar-refractivity contribution in [3.8, 4) is 0 Å². The summed E-state index contributed by atoms with van der Waals surface area (Å²) in [4.78, 5) is 12.0. The summed E-state index contributed by atoms with van der Waals surface area (Å²) in [6, 6.07) is 7.72. The average molecular weight is 246 g/mol. The van der Waals surface area contributed by atoms with Gasteiger partial charge in [0.15, 0.2) is 0 Å². The Bertz CT molecular complexity index is 388. The third kappa shape index (κ3) is 3.12. The number of rotatable bonds is 4. The van der Waals surface area contributed by atoms with Gasteiger partial charge in [0.05, 0.1) is 5.56 Å². The molecule has 0 heterocycles. The van der Waals surface area contributed by atoms with Crippen molar-refractivity contribution in [1.29, 1.82) is 0 Å². The molecule has 0 amide bonds. The molecule has 0 spiro atoms. The van der Waals surface area contributed by atoms with Crippen LogP contribution >= 0.6 is 0 Å². The minimum atomic E-state index is -0.183. The van der Waals surface area contributed by atoms with E-state index in [0.29, 0.717) is 11.5 Å². The normalized spacial score (nSPS) is 17.7. The van der Waals surface area contributed by atoms with Crippen molar-refractivity contribution in [1.82, 2.24) is 0 Å². The summed E-state index contributed by atoms with van der Waals surface area (Å²) < 4.78 is 5.55. The fraction of sp³-hybridized carbons (Fsp3) is 0.562. The zero-order chi connectivity index (χ0) is 13.0. The van der Waals surface area contributed by atoms with Crippen molar-refractivity contribution in [2.24, 2.45) is 5.92 Å².